The van der Waals surface area contributed by atoms with E-state index in [1.807, 2.05) is 6.08 Å². The van der Waals surface area contributed by atoms with Crippen molar-refractivity contribution in [3.05, 3.63) is 12.2 Å². The van der Waals surface area contributed by atoms with Crippen molar-refractivity contribution in [1.29, 1.82) is 0 Å². The number of nitrogens with two attached hydrogens (primary N) is 3. The van der Waals surface area contributed by atoms with E-state index in [0.29, 0.717) is 63.0 Å². The quantitative estimate of drug-likeness (QED) is 0.0885. The summed E-state index contributed by atoms with van der Waals surface area (Å²) in [6.45, 7) is 3.02. The smallest absolute Gasteiger partial charge is 0.144 e. The van der Waals surface area contributed by atoms with E-state index in [0.717, 1.165) is 51.5 Å². The first-order valence-corrected chi connectivity index (χ1v) is 19.9. The van der Waals surface area contributed by atoms with Crippen molar-refractivity contribution in [3.8, 4) is 0 Å². The average Bonchev–Trinajstić information content (AvgIpc) is 3.49. The molecule has 6 rings (SSSR count). The van der Waals surface area contributed by atoms with Crippen molar-refractivity contribution in [2.24, 2.45) is 40.7 Å². The van der Waals surface area contributed by atoms with Gasteiger partial charge in [0.25, 0.3) is 0 Å². The number of quaternary nitrogens is 2. The summed E-state index contributed by atoms with van der Waals surface area (Å²) in [6, 6.07) is 0.173. The molecule has 0 aromatic carbocycles. The van der Waals surface area contributed by atoms with Gasteiger partial charge in [-0.25, -0.2) is 0 Å². The minimum absolute atomic E-state index is 0.00743. The van der Waals surface area contributed by atoms with Crippen LogP contribution in [-0.4, -0.2) is 121 Å². The Labute approximate surface area is 303 Å². The second kappa shape index (κ2) is 17.5. The number of allylic oxidation sites excluding steroid dienone is 1. The molecule has 13 heteroatoms. The molecule has 6 aliphatic rings. The van der Waals surface area contributed by atoms with Crippen molar-refractivity contribution in [2.45, 2.75) is 157 Å². The van der Waals surface area contributed by atoms with Gasteiger partial charge < -0.3 is 59.9 Å². The maximum Gasteiger partial charge on any atom is 0.144 e. The molecule has 5 fully saturated rings. The van der Waals surface area contributed by atoms with Gasteiger partial charge in [-0.2, -0.15) is 0 Å². The molecule has 3 saturated heterocycles. The number of carboxylic acid groups (broad SMARTS) is 1. The van der Waals surface area contributed by atoms with Crippen molar-refractivity contribution >= 4 is 5.97 Å². The summed E-state index contributed by atoms with van der Waals surface area (Å²) < 4.78 is 24.6. The Morgan fingerprint density at radius 3 is 2.51 bits per heavy atom. The third-order valence-corrected chi connectivity index (χ3v) is 13.9. The zero-order valence-electron chi connectivity index (χ0n) is 30.7. The number of carbonyl (C=O) groups is 1. The zero-order valence-corrected chi connectivity index (χ0v) is 30.7. The molecule has 292 valence electrons. The highest BCUT2D eigenvalue weighted by Gasteiger charge is 2.59. The number of aliphatic hydroxyl groups excluding tert-OH is 4. The van der Waals surface area contributed by atoms with Gasteiger partial charge in [0, 0.05) is 37.3 Å². The first-order chi connectivity index (χ1) is 24.5. The van der Waals surface area contributed by atoms with Crippen LogP contribution in [0.3, 0.4) is 0 Å². The van der Waals surface area contributed by atoms with Crippen molar-refractivity contribution in [3.63, 3.8) is 0 Å². The first-order valence-electron chi connectivity index (χ1n) is 19.9. The van der Waals surface area contributed by atoms with Crippen LogP contribution in [0.2, 0.25) is 0 Å². The van der Waals surface area contributed by atoms with Gasteiger partial charge in [-0.05, 0) is 101 Å². The zero-order chi connectivity index (χ0) is 36.3. The van der Waals surface area contributed by atoms with Crippen LogP contribution in [0.25, 0.3) is 0 Å². The Kier molecular flexibility index (Phi) is 13.5. The van der Waals surface area contributed by atoms with Crippen LogP contribution >= 0.6 is 0 Å². The highest BCUT2D eigenvalue weighted by atomic mass is 16.6. The van der Waals surface area contributed by atoms with Gasteiger partial charge in [0.05, 0.1) is 61.9 Å². The lowest BCUT2D eigenvalue weighted by molar-refractivity contribution is -0.746. The number of methoxy groups -OCH3 is 1. The average molecular weight is 725 g/mol. The highest BCUT2D eigenvalue weighted by molar-refractivity contribution is 5.72. The van der Waals surface area contributed by atoms with Gasteiger partial charge in [0.2, 0.25) is 0 Å². The third-order valence-electron chi connectivity index (χ3n) is 13.9. The molecule has 17 unspecified atom stereocenters. The number of carbonyl (C=O) groups excluding carboxylic acids is 1. The van der Waals surface area contributed by atoms with E-state index in [4.69, 9.17) is 24.7 Å². The lowest BCUT2D eigenvalue weighted by Gasteiger charge is -2.52. The molecule has 13 nitrogen and oxygen atoms in total. The van der Waals surface area contributed by atoms with E-state index in [9.17, 15) is 30.3 Å². The molecule has 51 heavy (non-hydrogen) atoms. The van der Waals surface area contributed by atoms with Gasteiger partial charge in [0.1, 0.15) is 25.1 Å². The number of hydrogen-bond acceptors (Lipinski definition) is 11. The summed E-state index contributed by atoms with van der Waals surface area (Å²) in [5, 5.41) is 59.2. The molecule has 3 heterocycles. The number of piperidine rings is 2. The fraction of sp³-hybridized carbons (Fsp3) is 0.921. The Morgan fingerprint density at radius 1 is 0.961 bits per heavy atom. The molecule has 0 radical (unpaired) electrons. The van der Waals surface area contributed by atoms with Crippen LogP contribution in [0, 0.1) is 35.0 Å². The minimum Gasteiger partial charge on any atom is -0.549 e. The molecule has 17 atom stereocenters. The van der Waals surface area contributed by atoms with Gasteiger partial charge in [-0.1, -0.05) is 12.2 Å². The molecule has 3 aliphatic carbocycles. The molecular formula is C38H66N3O10+. The molecule has 0 aromatic heterocycles. The van der Waals surface area contributed by atoms with Crippen LogP contribution in [0.15, 0.2) is 12.2 Å². The summed E-state index contributed by atoms with van der Waals surface area (Å²) in [5.41, 5.74) is 5.84. The van der Waals surface area contributed by atoms with E-state index in [2.05, 4.69) is 23.6 Å². The predicted octanol–water partition coefficient (Wildman–Crippen LogP) is -1.75. The normalized spacial score (nSPS) is 47.8. The maximum absolute atomic E-state index is 12.7. The van der Waals surface area contributed by atoms with Crippen molar-refractivity contribution in [1.82, 2.24) is 0 Å². The monoisotopic (exact) mass is 724 g/mol. The van der Waals surface area contributed by atoms with Gasteiger partial charge in [-0.15, -0.1) is 0 Å². The Hall–Kier alpha value is -1.23. The lowest BCUT2D eigenvalue weighted by Crippen LogP contribution is -3.01. The maximum atomic E-state index is 12.7. The predicted molar refractivity (Wildman–Crippen MR) is 183 cm³/mol. The molecule has 0 bridgehead atoms. The van der Waals surface area contributed by atoms with E-state index in [1.54, 1.807) is 7.11 Å². The summed E-state index contributed by atoms with van der Waals surface area (Å²) in [4.78, 5) is 12.7. The Bertz CT molecular complexity index is 1160. The summed E-state index contributed by atoms with van der Waals surface area (Å²) >= 11 is 0. The van der Waals surface area contributed by atoms with Crippen LogP contribution < -0.4 is 21.5 Å². The Morgan fingerprint density at radius 2 is 1.76 bits per heavy atom. The third kappa shape index (κ3) is 8.85. The van der Waals surface area contributed by atoms with E-state index in [-0.39, 0.29) is 42.4 Å². The van der Waals surface area contributed by atoms with E-state index >= 15 is 0 Å². The number of aliphatic hydroxyl groups is 4. The first kappa shape index (κ1) is 39.5. The second-order valence-electron chi connectivity index (χ2n) is 17.1. The minimum atomic E-state index is -1.03. The molecular weight excluding hydrogens is 658 g/mol. The van der Waals surface area contributed by atoms with E-state index < -0.39 is 54.6 Å². The van der Waals surface area contributed by atoms with E-state index in [1.165, 1.54) is 0 Å². The SMILES string of the molecule is COC1CC(C2CC(O)CC(CCC3CCC(O)C(OCO)C3)O2)CC(OCC2[NH2+]C(C)CCC23C(C(=O)[O-])C=CC3C2CC[NH2+]C(N)C2)C1O. The summed E-state index contributed by atoms with van der Waals surface area (Å²) in [5.74, 6) is -1.03. The molecule has 0 aromatic rings. The topological polar surface area (TPSA) is 217 Å². The summed E-state index contributed by atoms with van der Waals surface area (Å²) in [7, 11) is 1.61. The van der Waals surface area contributed by atoms with Crippen LogP contribution in [0.1, 0.15) is 90.4 Å². The van der Waals surface area contributed by atoms with Gasteiger partial charge in [0.15, 0.2) is 0 Å². The van der Waals surface area contributed by atoms with Crippen molar-refractivity contribution in [2.75, 3.05) is 27.1 Å². The number of rotatable bonds is 12. The number of hydrogen-bond donors (Lipinski definition) is 7. The molecule has 3 aliphatic heterocycles. The van der Waals surface area contributed by atoms with Gasteiger partial charge >= 0.3 is 0 Å². The molecule has 0 amide bonds. The number of aliphatic carboxylic acids is 1. The number of ether oxygens (including phenoxy) is 4. The van der Waals surface area contributed by atoms with Crippen LogP contribution in [0.5, 0.6) is 0 Å². The summed E-state index contributed by atoms with van der Waals surface area (Å²) in [6.07, 6.45) is 10.1. The number of carboxylic acids is 1. The fourth-order valence-corrected chi connectivity index (χ4v) is 11.3. The van der Waals surface area contributed by atoms with Crippen LogP contribution in [-0.2, 0) is 23.7 Å². The standard InChI is InChI=1S/C38H65N3O10/c1-21-9-11-38(27(6-7-28(38)37(46)47)23-10-12-40-35(39)16-23)34(41-21)19-49-33-15-24(14-32(48-2)36(33)45)30-18-25(43)17-26(51-30)5-3-22-4-8-29(44)31(13-22)50-20-42/h6-7,21-36,40-45H,3-5,8-20,39H2,1-2H3,(H,46,47)/p+1. The lowest BCUT2D eigenvalue weighted by atomic mass is 9.57. The molecule has 2 saturated carbocycles. The van der Waals surface area contributed by atoms with Crippen LogP contribution in [0.4, 0.5) is 0 Å². The molecule has 1 spiro atoms. The van der Waals surface area contributed by atoms with Gasteiger partial charge in [-0.3, -0.25) is 5.73 Å². The fourth-order valence-electron chi connectivity index (χ4n) is 11.3. The Balaban J connectivity index is 1.12. The molecule has 10 N–H and O–H groups in total. The second-order valence-corrected chi connectivity index (χ2v) is 17.1. The van der Waals surface area contributed by atoms with Crippen molar-refractivity contribution < 1.29 is 59.9 Å². The largest absolute Gasteiger partial charge is 0.549 e. The highest BCUT2D eigenvalue weighted by Crippen LogP contribution is 2.54.